The third-order valence-electron chi connectivity index (χ3n) is 3.48. The average Bonchev–Trinajstić information content (AvgIpc) is 2.87. The van der Waals surface area contributed by atoms with Gasteiger partial charge in [-0.2, -0.15) is 0 Å². The lowest BCUT2D eigenvalue weighted by Crippen LogP contribution is -2.40. The van der Waals surface area contributed by atoms with Gasteiger partial charge in [-0.15, -0.1) is 10.2 Å². The minimum absolute atomic E-state index is 0.170. The van der Waals surface area contributed by atoms with E-state index in [1.165, 1.54) is 0 Å². The van der Waals surface area contributed by atoms with E-state index in [4.69, 9.17) is 0 Å². The Hall–Kier alpha value is -1.17. The molecule has 0 N–H and O–H groups in total. The van der Waals surface area contributed by atoms with Crippen LogP contribution in [0.2, 0.25) is 0 Å². The van der Waals surface area contributed by atoms with Crippen molar-refractivity contribution in [1.82, 2.24) is 15.1 Å². The molecule has 1 aromatic heterocycles. The standard InChI is InChI=1S/C13H22N4OS/c1-9(2)11-14-15-13(19-11)17-7-5-10(6-8-17)12(18)16(3)4/h9-10H,5-8H2,1-4H3. The Kier molecular flexibility index (Phi) is 4.39. The molecule has 6 heteroatoms. The number of aromatic nitrogens is 2. The van der Waals surface area contributed by atoms with Gasteiger partial charge in [0.2, 0.25) is 11.0 Å². The highest BCUT2D eigenvalue weighted by atomic mass is 32.1. The predicted octanol–water partition coefficient (Wildman–Crippen LogP) is 1.97. The van der Waals surface area contributed by atoms with E-state index in [-0.39, 0.29) is 11.8 Å². The molecule has 0 aromatic carbocycles. The summed E-state index contributed by atoms with van der Waals surface area (Å²) in [5, 5.41) is 10.6. The highest BCUT2D eigenvalue weighted by molar-refractivity contribution is 7.15. The first kappa shape index (κ1) is 14.2. The molecular weight excluding hydrogens is 260 g/mol. The lowest BCUT2D eigenvalue weighted by Gasteiger charge is -2.31. The number of carbonyl (C=O) groups is 1. The first-order chi connectivity index (χ1) is 8.99. The van der Waals surface area contributed by atoms with Crippen LogP contribution in [0.4, 0.5) is 5.13 Å². The van der Waals surface area contributed by atoms with E-state index in [2.05, 4.69) is 28.9 Å². The van der Waals surface area contributed by atoms with Crippen molar-refractivity contribution in [3.05, 3.63) is 5.01 Å². The van der Waals surface area contributed by atoms with E-state index in [9.17, 15) is 4.79 Å². The topological polar surface area (TPSA) is 49.3 Å². The molecule has 0 radical (unpaired) electrons. The molecule has 5 nitrogen and oxygen atoms in total. The Labute approximate surface area is 118 Å². The van der Waals surface area contributed by atoms with Crippen molar-refractivity contribution in [2.75, 3.05) is 32.1 Å². The number of hydrogen-bond acceptors (Lipinski definition) is 5. The molecule has 1 saturated heterocycles. The summed E-state index contributed by atoms with van der Waals surface area (Å²) in [5.74, 6) is 0.850. The van der Waals surface area contributed by atoms with Gasteiger partial charge in [0.15, 0.2) is 0 Å². The summed E-state index contributed by atoms with van der Waals surface area (Å²) in [7, 11) is 3.66. The number of piperidine rings is 1. The van der Waals surface area contributed by atoms with Gasteiger partial charge in [-0.25, -0.2) is 0 Å². The van der Waals surface area contributed by atoms with Gasteiger partial charge in [0.1, 0.15) is 5.01 Å². The molecule has 0 spiro atoms. The van der Waals surface area contributed by atoms with Crippen LogP contribution in [0.15, 0.2) is 0 Å². The summed E-state index contributed by atoms with van der Waals surface area (Å²) in [6.45, 7) is 6.06. The van der Waals surface area contributed by atoms with Crippen molar-refractivity contribution in [3.8, 4) is 0 Å². The number of nitrogens with zero attached hydrogens (tertiary/aromatic N) is 4. The maximum absolute atomic E-state index is 11.9. The normalized spacial score (nSPS) is 17.0. The van der Waals surface area contributed by atoms with Crippen LogP contribution in [0.5, 0.6) is 0 Å². The van der Waals surface area contributed by atoms with Gasteiger partial charge in [-0.05, 0) is 12.8 Å². The highest BCUT2D eigenvalue weighted by Gasteiger charge is 2.27. The van der Waals surface area contributed by atoms with Gasteiger partial charge >= 0.3 is 0 Å². The number of amides is 1. The van der Waals surface area contributed by atoms with E-state index in [0.717, 1.165) is 36.1 Å². The molecule has 1 aliphatic rings. The van der Waals surface area contributed by atoms with Gasteiger partial charge in [-0.3, -0.25) is 4.79 Å². The molecule has 1 aromatic rings. The first-order valence-corrected chi connectivity index (χ1v) is 7.60. The zero-order valence-corrected chi connectivity index (χ0v) is 12.9. The van der Waals surface area contributed by atoms with E-state index in [1.807, 2.05) is 14.1 Å². The minimum atomic E-state index is 0.170. The molecule has 0 bridgehead atoms. The van der Waals surface area contributed by atoms with Gasteiger partial charge in [0.25, 0.3) is 0 Å². The molecule has 0 atom stereocenters. The molecule has 106 valence electrons. The summed E-state index contributed by atoms with van der Waals surface area (Å²) in [6.07, 6.45) is 1.82. The van der Waals surface area contributed by atoms with Crippen LogP contribution in [-0.4, -0.2) is 48.2 Å². The van der Waals surface area contributed by atoms with Crippen LogP contribution >= 0.6 is 11.3 Å². The lowest BCUT2D eigenvalue weighted by molar-refractivity contribution is -0.133. The zero-order chi connectivity index (χ0) is 14.0. The van der Waals surface area contributed by atoms with Crippen molar-refractivity contribution >= 4 is 22.4 Å². The third kappa shape index (κ3) is 3.23. The number of hydrogen-bond donors (Lipinski definition) is 0. The monoisotopic (exact) mass is 282 g/mol. The first-order valence-electron chi connectivity index (χ1n) is 6.78. The van der Waals surface area contributed by atoms with Crippen LogP contribution in [0.3, 0.4) is 0 Å². The van der Waals surface area contributed by atoms with Crippen molar-refractivity contribution in [3.63, 3.8) is 0 Å². The van der Waals surface area contributed by atoms with Crippen LogP contribution in [0.25, 0.3) is 0 Å². The lowest BCUT2D eigenvalue weighted by atomic mass is 9.96. The Bertz CT molecular complexity index is 436. The fourth-order valence-corrected chi connectivity index (χ4v) is 3.17. The molecule has 2 heterocycles. The Morgan fingerprint density at radius 2 is 1.95 bits per heavy atom. The largest absolute Gasteiger partial charge is 0.349 e. The van der Waals surface area contributed by atoms with E-state index in [1.54, 1.807) is 16.2 Å². The maximum atomic E-state index is 11.9. The molecule has 0 unspecified atom stereocenters. The Morgan fingerprint density at radius 3 is 2.42 bits per heavy atom. The Morgan fingerprint density at radius 1 is 1.32 bits per heavy atom. The fourth-order valence-electron chi connectivity index (χ4n) is 2.27. The third-order valence-corrected chi connectivity index (χ3v) is 4.76. The van der Waals surface area contributed by atoms with Crippen molar-refractivity contribution in [1.29, 1.82) is 0 Å². The van der Waals surface area contributed by atoms with E-state index >= 15 is 0 Å². The van der Waals surface area contributed by atoms with Crippen LogP contribution < -0.4 is 4.90 Å². The summed E-state index contributed by atoms with van der Waals surface area (Å²) < 4.78 is 0. The molecule has 1 fully saturated rings. The number of rotatable bonds is 3. The summed E-state index contributed by atoms with van der Waals surface area (Å²) in [4.78, 5) is 15.9. The van der Waals surface area contributed by atoms with Gasteiger partial charge < -0.3 is 9.80 Å². The van der Waals surface area contributed by atoms with E-state index < -0.39 is 0 Å². The van der Waals surface area contributed by atoms with Crippen molar-refractivity contribution < 1.29 is 4.79 Å². The molecule has 2 rings (SSSR count). The van der Waals surface area contributed by atoms with Gasteiger partial charge in [-0.1, -0.05) is 25.2 Å². The fraction of sp³-hybridized carbons (Fsp3) is 0.769. The molecule has 0 saturated carbocycles. The SMILES string of the molecule is CC(C)c1nnc(N2CCC(C(=O)N(C)C)CC2)s1. The average molecular weight is 282 g/mol. The molecule has 1 amide bonds. The number of carbonyl (C=O) groups excluding carboxylic acids is 1. The summed E-state index contributed by atoms with van der Waals surface area (Å²) >= 11 is 1.67. The summed E-state index contributed by atoms with van der Waals surface area (Å²) in [6, 6.07) is 0. The van der Waals surface area contributed by atoms with E-state index in [0.29, 0.717) is 5.92 Å². The minimum Gasteiger partial charge on any atom is -0.349 e. The quantitative estimate of drug-likeness (QED) is 0.850. The van der Waals surface area contributed by atoms with Crippen molar-refractivity contribution in [2.24, 2.45) is 5.92 Å². The van der Waals surface area contributed by atoms with Crippen molar-refractivity contribution in [2.45, 2.75) is 32.6 Å². The zero-order valence-electron chi connectivity index (χ0n) is 12.1. The second kappa shape index (κ2) is 5.86. The molecule has 1 aliphatic heterocycles. The maximum Gasteiger partial charge on any atom is 0.225 e. The molecule has 19 heavy (non-hydrogen) atoms. The van der Waals surface area contributed by atoms with Crippen LogP contribution in [-0.2, 0) is 4.79 Å². The predicted molar refractivity (Wildman–Crippen MR) is 77.6 cm³/mol. The van der Waals surface area contributed by atoms with Crippen LogP contribution in [0.1, 0.15) is 37.6 Å². The smallest absolute Gasteiger partial charge is 0.225 e. The second-order valence-corrected chi connectivity index (χ2v) is 6.56. The second-order valence-electron chi connectivity index (χ2n) is 5.57. The molecular formula is C13H22N4OS. The summed E-state index contributed by atoms with van der Waals surface area (Å²) in [5.41, 5.74) is 0. The van der Waals surface area contributed by atoms with Crippen LogP contribution in [0, 0.1) is 5.92 Å². The highest BCUT2D eigenvalue weighted by Crippen LogP contribution is 2.29. The number of anilines is 1. The Balaban J connectivity index is 1.94. The molecule has 0 aliphatic carbocycles. The van der Waals surface area contributed by atoms with Gasteiger partial charge in [0.05, 0.1) is 0 Å². The van der Waals surface area contributed by atoms with Gasteiger partial charge in [0, 0.05) is 39.0 Å².